The summed E-state index contributed by atoms with van der Waals surface area (Å²) in [5, 5.41) is 17.4. The van der Waals surface area contributed by atoms with Crippen LogP contribution in [-0.4, -0.2) is 97.9 Å². The minimum atomic E-state index is -1.32. The number of aromatic amines is 2. The fourth-order valence-electron chi connectivity index (χ4n) is 3.89. The van der Waals surface area contributed by atoms with E-state index in [9.17, 15) is 24.3 Å². The number of imidazole rings is 2. The van der Waals surface area contributed by atoms with E-state index in [2.05, 4.69) is 45.9 Å². The molecule has 0 aliphatic carbocycles. The highest BCUT2D eigenvalue weighted by atomic mass is 16.4. The summed E-state index contributed by atoms with van der Waals surface area (Å²) in [5.41, 5.74) is 28.4. The van der Waals surface area contributed by atoms with Crippen LogP contribution in [0.2, 0.25) is 0 Å². The van der Waals surface area contributed by atoms with Gasteiger partial charge in [-0.15, -0.1) is 0 Å². The van der Waals surface area contributed by atoms with Crippen molar-refractivity contribution in [2.24, 2.45) is 38.7 Å². The Morgan fingerprint density at radius 3 is 1.70 bits per heavy atom. The molecular weight excluding hydrogens is 564 g/mol. The summed E-state index contributed by atoms with van der Waals surface area (Å²) in [6.07, 6.45) is 6.62. The normalized spacial score (nSPS) is 13.5. The van der Waals surface area contributed by atoms with Crippen molar-refractivity contribution in [1.29, 1.82) is 0 Å². The Bertz CT molecular complexity index is 1220. The summed E-state index contributed by atoms with van der Waals surface area (Å²) in [6, 6.07) is -4.64. The van der Waals surface area contributed by atoms with E-state index in [-0.39, 0.29) is 57.1 Å². The molecule has 19 nitrogen and oxygen atoms in total. The summed E-state index contributed by atoms with van der Waals surface area (Å²) in [5.74, 6) is -3.59. The van der Waals surface area contributed by atoms with Crippen molar-refractivity contribution >= 4 is 35.6 Å². The number of carbonyl (C=O) groups is 4. The lowest BCUT2D eigenvalue weighted by Crippen LogP contribution is -2.57. The van der Waals surface area contributed by atoms with Crippen LogP contribution in [0.15, 0.2) is 35.0 Å². The molecule has 236 valence electrons. The Morgan fingerprint density at radius 1 is 0.744 bits per heavy atom. The monoisotopic (exact) mass is 604 g/mol. The smallest absolute Gasteiger partial charge is 0.326 e. The number of hydrogen-bond acceptors (Lipinski definition) is 9. The largest absolute Gasteiger partial charge is 0.480 e. The first-order valence-electron chi connectivity index (χ1n) is 13.4. The molecule has 0 radical (unpaired) electrons. The van der Waals surface area contributed by atoms with E-state index in [0.717, 1.165) is 0 Å². The summed E-state index contributed by atoms with van der Waals surface area (Å²) < 4.78 is 0. The summed E-state index contributed by atoms with van der Waals surface area (Å²) in [6.45, 7) is 0.428. The molecule has 19 heteroatoms. The number of aliphatic imine (C=N–C) groups is 2. The molecule has 0 saturated heterocycles. The fourth-order valence-corrected chi connectivity index (χ4v) is 3.89. The van der Waals surface area contributed by atoms with Crippen molar-refractivity contribution in [3.8, 4) is 0 Å². The molecule has 3 amide bonds. The van der Waals surface area contributed by atoms with E-state index in [1.54, 1.807) is 0 Å². The van der Waals surface area contributed by atoms with Crippen molar-refractivity contribution in [2.45, 2.75) is 62.7 Å². The fraction of sp³-hybridized carbons (Fsp3) is 0.500. The average molecular weight is 605 g/mol. The van der Waals surface area contributed by atoms with Crippen molar-refractivity contribution in [3.63, 3.8) is 0 Å². The highest BCUT2D eigenvalue weighted by molar-refractivity contribution is 5.94. The topological polar surface area (TPSA) is 337 Å². The summed E-state index contributed by atoms with van der Waals surface area (Å²) >= 11 is 0. The molecule has 2 heterocycles. The van der Waals surface area contributed by atoms with Crippen molar-refractivity contribution in [2.75, 3.05) is 13.1 Å². The van der Waals surface area contributed by atoms with E-state index in [1.807, 2.05) is 0 Å². The first-order valence-corrected chi connectivity index (χ1v) is 13.4. The highest BCUT2D eigenvalue weighted by Gasteiger charge is 2.31. The number of carbonyl (C=O) groups excluding carboxylic acids is 3. The standard InChI is InChI=1S/C24H40N14O5/c25-15(3-1-5-32-23(26)27)19(39)37-17(7-13-9-30-11-34-13)21(41)36-16(4-2-6-33-24(28)29)20(40)38-18(22(42)43)8-14-10-31-12-35-14/h9-12,15-18H,1-8,25H2,(H,30,34)(H,31,35)(H,36,41)(H,37,39)(H,38,40)(H,42,43)(H4,26,27,32)(H4,28,29,33)/t15-,16-,17-,18-/m0/s1. The van der Waals surface area contributed by atoms with Gasteiger partial charge in [0.1, 0.15) is 18.1 Å². The quantitative estimate of drug-likeness (QED) is 0.0414. The molecule has 0 fully saturated rings. The van der Waals surface area contributed by atoms with Gasteiger partial charge in [0.25, 0.3) is 0 Å². The first kappa shape index (κ1) is 34.0. The van der Waals surface area contributed by atoms with Gasteiger partial charge >= 0.3 is 5.97 Å². The maximum atomic E-state index is 13.5. The molecule has 2 aromatic heterocycles. The van der Waals surface area contributed by atoms with Crippen LogP contribution < -0.4 is 44.6 Å². The number of aromatic nitrogens is 4. The second-order valence-electron chi connectivity index (χ2n) is 9.59. The first-order chi connectivity index (χ1) is 20.5. The second-order valence-corrected chi connectivity index (χ2v) is 9.59. The van der Waals surface area contributed by atoms with Crippen molar-refractivity contribution < 1.29 is 24.3 Å². The minimum absolute atomic E-state index is 0.00178. The van der Waals surface area contributed by atoms with E-state index in [1.165, 1.54) is 25.0 Å². The molecule has 0 spiro atoms. The van der Waals surface area contributed by atoms with Crippen molar-refractivity contribution in [1.82, 2.24) is 35.9 Å². The van der Waals surface area contributed by atoms with Gasteiger partial charge < -0.3 is 59.7 Å². The van der Waals surface area contributed by atoms with Crippen LogP contribution in [0.1, 0.15) is 37.1 Å². The van der Waals surface area contributed by atoms with E-state index in [4.69, 9.17) is 28.7 Å². The minimum Gasteiger partial charge on any atom is -0.480 e. The number of carboxylic acid groups (broad SMARTS) is 1. The molecule has 2 aromatic rings. The number of carboxylic acids is 1. The number of nitrogens with zero attached hydrogens (tertiary/aromatic N) is 4. The van der Waals surface area contributed by atoms with E-state index in [0.29, 0.717) is 17.8 Å². The molecule has 0 aliphatic rings. The number of rotatable bonds is 19. The third-order valence-corrected chi connectivity index (χ3v) is 6.09. The lowest BCUT2D eigenvalue weighted by Gasteiger charge is -2.25. The van der Waals surface area contributed by atoms with Crippen LogP contribution in [-0.2, 0) is 32.0 Å². The number of H-pyrrole nitrogens is 2. The predicted molar refractivity (Wildman–Crippen MR) is 156 cm³/mol. The Balaban J connectivity index is 2.17. The van der Waals surface area contributed by atoms with Gasteiger partial charge in [-0.3, -0.25) is 24.4 Å². The third-order valence-electron chi connectivity index (χ3n) is 6.09. The van der Waals surface area contributed by atoms with E-state index >= 15 is 0 Å². The number of hydrogen-bond donors (Lipinski definition) is 11. The van der Waals surface area contributed by atoms with Crippen LogP contribution in [0.5, 0.6) is 0 Å². The predicted octanol–water partition coefficient (Wildman–Crippen LogP) is -4.11. The van der Waals surface area contributed by atoms with Crippen LogP contribution >= 0.6 is 0 Å². The van der Waals surface area contributed by atoms with Crippen LogP contribution in [0.3, 0.4) is 0 Å². The molecule has 43 heavy (non-hydrogen) atoms. The van der Waals surface area contributed by atoms with Gasteiger partial charge in [-0.2, -0.15) is 0 Å². The van der Waals surface area contributed by atoms with E-state index < -0.39 is 47.9 Å². The number of guanidine groups is 2. The molecule has 0 aromatic carbocycles. The van der Waals surface area contributed by atoms with Gasteiger partial charge in [0, 0.05) is 49.7 Å². The molecule has 0 unspecified atom stereocenters. The number of nitrogens with one attached hydrogen (secondary N) is 5. The number of aliphatic carboxylic acids is 1. The van der Waals surface area contributed by atoms with Gasteiger partial charge in [0.2, 0.25) is 17.7 Å². The number of amides is 3. The average Bonchev–Trinajstić information content (AvgIpc) is 3.66. The van der Waals surface area contributed by atoms with Gasteiger partial charge in [0.15, 0.2) is 11.9 Å². The zero-order valence-electron chi connectivity index (χ0n) is 23.5. The molecule has 16 N–H and O–H groups in total. The molecule has 0 aliphatic heterocycles. The Morgan fingerprint density at radius 2 is 1.21 bits per heavy atom. The van der Waals surface area contributed by atoms with Gasteiger partial charge in [-0.05, 0) is 25.7 Å². The molecule has 2 rings (SSSR count). The van der Waals surface area contributed by atoms with Gasteiger partial charge in [-0.1, -0.05) is 0 Å². The maximum absolute atomic E-state index is 13.5. The Hall–Kier alpha value is -5.20. The Kier molecular flexibility index (Phi) is 13.9. The number of nitrogens with two attached hydrogens (primary N) is 5. The Labute approximate surface area is 246 Å². The molecule has 0 saturated carbocycles. The van der Waals surface area contributed by atoms with Crippen LogP contribution in [0.25, 0.3) is 0 Å². The van der Waals surface area contributed by atoms with Crippen LogP contribution in [0, 0.1) is 0 Å². The highest BCUT2D eigenvalue weighted by Crippen LogP contribution is 2.06. The lowest BCUT2D eigenvalue weighted by molar-refractivity contribution is -0.142. The summed E-state index contributed by atoms with van der Waals surface area (Å²) in [4.78, 5) is 72.6. The second kappa shape index (κ2) is 17.6. The summed E-state index contributed by atoms with van der Waals surface area (Å²) in [7, 11) is 0. The molecule has 4 atom stereocenters. The zero-order chi connectivity index (χ0) is 31.8. The maximum Gasteiger partial charge on any atom is 0.326 e. The van der Waals surface area contributed by atoms with Gasteiger partial charge in [-0.25, -0.2) is 14.8 Å². The third kappa shape index (κ3) is 12.9. The lowest BCUT2D eigenvalue weighted by atomic mass is 10.1. The molecular formula is C24H40N14O5. The van der Waals surface area contributed by atoms with Gasteiger partial charge in [0.05, 0.1) is 18.7 Å². The van der Waals surface area contributed by atoms with Crippen molar-refractivity contribution in [3.05, 3.63) is 36.4 Å². The SMILES string of the molecule is NC(N)=NCCC[C@H](NC(=O)[C@H](Cc1cnc[nH]1)NC(=O)[C@@H](N)CCCN=C(N)N)C(=O)N[C@@H](Cc1cnc[nH]1)C(=O)O. The zero-order valence-corrected chi connectivity index (χ0v) is 23.5. The molecule has 0 bridgehead atoms. The van der Waals surface area contributed by atoms with Crippen LogP contribution in [0.4, 0.5) is 0 Å².